The predicted molar refractivity (Wildman–Crippen MR) is 252 cm³/mol. The first kappa shape index (κ1) is 53.0. The van der Waals surface area contributed by atoms with Gasteiger partial charge in [-0.3, -0.25) is 33.6 Å². The van der Waals surface area contributed by atoms with Gasteiger partial charge in [-0.15, -0.1) is 0 Å². The lowest BCUT2D eigenvalue weighted by Crippen LogP contribution is -2.64. The van der Waals surface area contributed by atoms with Crippen LogP contribution in [0.25, 0.3) is 0 Å². The third-order valence-corrected chi connectivity index (χ3v) is 17.2. The summed E-state index contributed by atoms with van der Waals surface area (Å²) in [6.07, 6.45) is 2.29. The van der Waals surface area contributed by atoms with Crippen LogP contribution in [0.5, 0.6) is 0 Å². The van der Waals surface area contributed by atoms with Crippen LogP contribution in [-0.2, 0) is 33.6 Å². The summed E-state index contributed by atoms with van der Waals surface area (Å²) >= 11 is 0. The van der Waals surface area contributed by atoms with E-state index in [0.29, 0.717) is 18.5 Å². The summed E-state index contributed by atoms with van der Waals surface area (Å²) in [7, 11) is 0. The summed E-state index contributed by atoms with van der Waals surface area (Å²) in [4.78, 5) is 91.6. The maximum atomic E-state index is 13.5. The highest BCUT2D eigenvalue weighted by Crippen LogP contribution is 2.62. The van der Waals surface area contributed by atoms with Crippen molar-refractivity contribution in [3.05, 3.63) is 34.3 Å². The number of fused-ring (bicyclic) bond motifs is 9. The standard InChI is InChI=1S/C48H79N11O8/c1-23(60)22-55-38(67)16-17-45(6)29(18-35(52)64)43-48(9)47(8,21-37(54)66)28(12-15-34(51)63)40(59-48)25(3)42-46(7,20-36(53)65)26(10-13-32(49)61)30(56-42)19-31-44(4,5)27(11-14-33(50)62)39(57-31)24(2)41(45)58-43/h19,23,26-30,40-41,43,56-60H,10-18,20-22H2,1-9H3,(H2,49,61)(H2,50,62)(H2,51,63)(H2,52,64)(H2,53,65)(H2,54,66)(H,55,67)/b31-19-,39-24-,42-25-/t23-,26-,27-,28-,29+,30?,40?,41?,43-,45-,46+,47+,48+/m1/s1. The highest BCUT2D eigenvalue weighted by molar-refractivity contribution is 5.78. The fourth-order valence-electron chi connectivity index (χ4n) is 13.5. The minimum absolute atomic E-state index is 0.0264. The van der Waals surface area contributed by atoms with E-state index in [2.05, 4.69) is 46.5 Å². The zero-order valence-corrected chi connectivity index (χ0v) is 41.0. The SMILES string of the molecule is C/C1=C2/NC(/C=C3\N/C(=C(/C)C4N[C@H]([C@H](CC(N)=O)[C@@]4(C)CCC(=O)NC[C@@H](C)O)[C@]4(C)NC1[C@@H](CCC(N)=O)[C@]4(C)CC(N)=O)[C@@H](CCC(N)=O)C3(C)C)[C@@H](CCC(N)=O)[C@]2(C)CC(N)=O. The summed E-state index contributed by atoms with van der Waals surface area (Å²) in [5.41, 5.74) is 35.3. The molecule has 0 saturated carbocycles. The van der Waals surface area contributed by atoms with Crippen molar-refractivity contribution < 1.29 is 38.7 Å². The van der Waals surface area contributed by atoms with Gasteiger partial charge in [-0.25, -0.2) is 0 Å². The van der Waals surface area contributed by atoms with Crippen molar-refractivity contribution in [3.8, 4) is 0 Å². The van der Waals surface area contributed by atoms with Crippen LogP contribution in [0.4, 0.5) is 0 Å². The Morgan fingerprint density at radius 2 is 1.30 bits per heavy atom. The van der Waals surface area contributed by atoms with Gasteiger partial charge in [0.25, 0.3) is 0 Å². The Morgan fingerprint density at radius 1 is 0.731 bits per heavy atom. The molecule has 19 heteroatoms. The number of hydrogen-bond acceptors (Lipinski definition) is 12. The van der Waals surface area contributed by atoms with Crippen molar-refractivity contribution in [3.63, 3.8) is 0 Å². The van der Waals surface area contributed by atoms with E-state index in [0.717, 1.165) is 22.5 Å². The van der Waals surface area contributed by atoms with Crippen LogP contribution in [0, 0.1) is 45.3 Å². The molecular formula is C48H79N11O8. The van der Waals surface area contributed by atoms with Gasteiger partial charge in [0, 0.05) is 120 Å². The second-order valence-corrected chi connectivity index (χ2v) is 22.0. The number of allylic oxidation sites excluding steroid dienone is 3. The maximum Gasteiger partial charge on any atom is 0.220 e. The molecule has 4 fully saturated rings. The minimum atomic E-state index is -1.13. The topological polar surface area (TPSA) is 356 Å². The average Bonchev–Trinajstić information content (AvgIpc) is 3.80. The van der Waals surface area contributed by atoms with Crippen molar-refractivity contribution in [2.75, 3.05) is 6.54 Å². The Bertz CT molecular complexity index is 2120. The zero-order chi connectivity index (χ0) is 50.4. The number of aliphatic hydroxyl groups is 1. The van der Waals surface area contributed by atoms with Gasteiger partial charge in [0.2, 0.25) is 41.4 Å². The van der Waals surface area contributed by atoms with E-state index in [1.165, 1.54) is 0 Å². The van der Waals surface area contributed by atoms with Gasteiger partial charge in [0.1, 0.15) is 0 Å². The molecule has 5 aliphatic heterocycles. The van der Waals surface area contributed by atoms with Crippen LogP contribution in [0.1, 0.15) is 133 Å². The number of amides is 7. The van der Waals surface area contributed by atoms with Crippen molar-refractivity contribution in [1.29, 1.82) is 0 Å². The summed E-state index contributed by atoms with van der Waals surface area (Å²) < 4.78 is 0. The molecule has 7 amide bonds. The molecule has 5 rings (SSSR count). The average molecular weight is 938 g/mol. The molecule has 19 nitrogen and oxygen atoms in total. The molecule has 0 aliphatic carbocycles. The van der Waals surface area contributed by atoms with E-state index in [9.17, 15) is 38.7 Å². The number of aliphatic hydroxyl groups excluding tert-OH is 1. The Kier molecular flexibility index (Phi) is 15.4. The molecule has 0 aromatic heterocycles. The molecule has 3 unspecified atom stereocenters. The Balaban J connectivity index is 1.94. The lowest BCUT2D eigenvalue weighted by molar-refractivity contribution is -0.124. The second kappa shape index (κ2) is 19.5. The van der Waals surface area contributed by atoms with E-state index >= 15 is 0 Å². The number of nitrogens with one attached hydrogen (secondary N) is 5. The van der Waals surface area contributed by atoms with E-state index in [-0.39, 0.29) is 76.2 Å². The van der Waals surface area contributed by atoms with Crippen LogP contribution in [0.2, 0.25) is 0 Å². The largest absolute Gasteiger partial charge is 0.392 e. The summed E-state index contributed by atoms with van der Waals surface area (Å²) in [5, 5.41) is 28.4. The molecule has 4 saturated heterocycles. The van der Waals surface area contributed by atoms with Gasteiger partial charge in [0.15, 0.2) is 0 Å². The monoisotopic (exact) mass is 938 g/mol. The Labute approximate surface area is 395 Å². The minimum Gasteiger partial charge on any atom is -0.392 e. The Hall–Kier alpha value is -5.01. The molecule has 18 N–H and O–H groups in total. The fraction of sp³-hybridized carbons (Fsp3) is 0.729. The smallest absolute Gasteiger partial charge is 0.220 e. The van der Waals surface area contributed by atoms with Crippen molar-refractivity contribution in [1.82, 2.24) is 26.6 Å². The first-order valence-corrected chi connectivity index (χ1v) is 23.8. The third kappa shape index (κ3) is 10.1. The normalized spacial score (nSPS) is 38.6. The second-order valence-electron chi connectivity index (χ2n) is 22.0. The lowest BCUT2D eigenvalue weighted by atomic mass is 9.56. The van der Waals surface area contributed by atoms with Crippen LogP contribution >= 0.6 is 0 Å². The highest BCUT2D eigenvalue weighted by atomic mass is 16.3. The van der Waals surface area contributed by atoms with Gasteiger partial charge in [-0.2, -0.15) is 0 Å². The number of primary amides is 6. The number of nitrogens with two attached hydrogens (primary N) is 6. The van der Waals surface area contributed by atoms with Gasteiger partial charge in [-0.1, -0.05) is 34.6 Å². The predicted octanol–water partition coefficient (Wildman–Crippen LogP) is 0.288. The summed E-state index contributed by atoms with van der Waals surface area (Å²) in [5.74, 6) is -5.30. The van der Waals surface area contributed by atoms with E-state index in [4.69, 9.17) is 34.4 Å². The van der Waals surface area contributed by atoms with Crippen LogP contribution in [0.15, 0.2) is 34.3 Å². The number of carbonyl (C=O) groups excluding carboxylic acids is 7. The van der Waals surface area contributed by atoms with Crippen LogP contribution in [-0.4, -0.2) is 88.8 Å². The molecule has 5 heterocycles. The zero-order valence-electron chi connectivity index (χ0n) is 41.0. The third-order valence-electron chi connectivity index (χ3n) is 17.2. The fourth-order valence-corrected chi connectivity index (χ4v) is 13.5. The molecule has 13 atom stereocenters. The van der Waals surface area contributed by atoms with Gasteiger partial charge in [0.05, 0.1) is 6.10 Å². The van der Waals surface area contributed by atoms with Gasteiger partial charge >= 0.3 is 0 Å². The van der Waals surface area contributed by atoms with Crippen LogP contribution in [0.3, 0.4) is 0 Å². The molecule has 0 spiro atoms. The molecule has 0 aromatic carbocycles. The van der Waals surface area contributed by atoms with Crippen molar-refractivity contribution in [2.24, 2.45) is 79.7 Å². The summed E-state index contributed by atoms with van der Waals surface area (Å²) in [6, 6.07) is -2.27. The number of hydrogen-bond donors (Lipinski definition) is 12. The van der Waals surface area contributed by atoms with E-state index in [1.807, 2.05) is 41.5 Å². The van der Waals surface area contributed by atoms with Crippen molar-refractivity contribution in [2.45, 2.75) is 169 Å². The molecule has 374 valence electrons. The highest BCUT2D eigenvalue weighted by Gasteiger charge is 2.68. The van der Waals surface area contributed by atoms with E-state index in [1.54, 1.807) is 6.92 Å². The first-order valence-electron chi connectivity index (χ1n) is 23.8. The number of carbonyl (C=O) groups is 7. The van der Waals surface area contributed by atoms with E-state index < -0.39 is 111 Å². The molecule has 0 aromatic rings. The van der Waals surface area contributed by atoms with Crippen LogP contribution < -0.4 is 61.0 Å². The quantitative estimate of drug-likeness (QED) is 0.0784. The first-order chi connectivity index (χ1) is 30.9. The molecule has 67 heavy (non-hydrogen) atoms. The summed E-state index contributed by atoms with van der Waals surface area (Å²) in [6.45, 7) is 17.8. The lowest BCUT2D eigenvalue weighted by Gasteiger charge is -2.49. The molecular weight excluding hydrogens is 859 g/mol. The number of rotatable bonds is 20. The van der Waals surface area contributed by atoms with Crippen molar-refractivity contribution >= 4 is 41.4 Å². The van der Waals surface area contributed by atoms with Gasteiger partial charge in [-0.05, 0) is 93.8 Å². The molecule has 0 radical (unpaired) electrons. The molecule has 5 aliphatic rings. The van der Waals surface area contributed by atoms with Gasteiger partial charge < -0.3 is 66.1 Å². The maximum absolute atomic E-state index is 13.5. The Morgan fingerprint density at radius 3 is 1.84 bits per heavy atom. The molecule has 8 bridgehead atoms.